The van der Waals surface area contributed by atoms with E-state index in [0.717, 1.165) is 11.1 Å². The van der Waals surface area contributed by atoms with E-state index in [0.29, 0.717) is 0 Å². The van der Waals surface area contributed by atoms with Crippen LogP contribution in [0, 0.1) is 4.91 Å². The van der Waals surface area contributed by atoms with E-state index in [1.807, 2.05) is 12.1 Å². The number of aromatic nitrogens is 1. The Morgan fingerprint density at radius 3 is 2.40 bits per heavy atom. The van der Waals surface area contributed by atoms with E-state index in [-0.39, 0.29) is 11.4 Å². The van der Waals surface area contributed by atoms with Gasteiger partial charge in [-0.05, 0) is 40.6 Å². The van der Waals surface area contributed by atoms with Crippen LogP contribution in [0.4, 0.5) is 5.69 Å². The number of aromatic hydroxyl groups is 1. The lowest BCUT2D eigenvalue weighted by Gasteiger charge is -2.02. The summed E-state index contributed by atoms with van der Waals surface area (Å²) in [5, 5.41) is 12.1. The second-order valence-corrected chi connectivity index (χ2v) is 3.03. The van der Waals surface area contributed by atoms with Gasteiger partial charge in [0.25, 0.3) is 0 Å². The number of benzene rings is 1. The number of hydrogen-bond donors (Lipinski definition) is 1. The van der Waals surface area contributed by atoms with Crippen LogP contribution in [-0.4, -0.2) is 10.1 Å². The van der Waals surface area contributed by atoms with Crippen molar-refractivity contribution in [2.45, 2.75) is 0 Å². The normalized spacial score (nSPS) is 9.87. The molecule has 0 saturated carbocycles. The first kappa shape index (κ1) is 9.33. The Morgan fingerprint density at radius 2 is 1.80 bits per heavy atom. The van der Waals surface area contributed by atoms with E-state index in [4.69, 9.17) is 0 Å². The molecular formula is C11H8N2O2. The van der Waals surface area contributed by atoms with Crippen LogP contribution >= 0.6 is 0 Å². The van der Waals surface area contributed by atoms with Crippen LogP contribution in [0.5, 0.6) is 5.75 Å². The first-order chi connectivity index (χ1) is 7.31. The van der Waals surface area contributed by atoms with Crippen LogP contribution in [0.1, 0.15) is 0 Å². The van der Waals surface area contributed by atoms with Gasteiger partial charge in [0.05, 0.1) is 0 Å². The fraction of sp³-hybridized carbons (Fsp3) is 0. The largest absolute Gasteiger partial charge is 0.506 e. The van der Waals surface area contributed by atoms with Crippen molar-refractivity contribution >= 4 is 5.69 Å². The van der Waals surface area contributed by atoms with Crippen molar-refractivity contribution in [1.82, 2.24) is 4.98 Å². The molecule has 4 heteroatoms. The van der Waals surface area contributed by atoms with Crippen molar-refractivity contribution in [1.29, 1.82) is 0 Å². The predicted octanol–water partition coefficient (Wildman–Crippen LogP) is 2.85. The fourth-order valence-corrected chi connectivity index (χ4v) is 1.32. The molecule has 74 valence electrons. The molecule has 0 saturated heterocycles. The molecule has 0 aliphatic rings. The van der Waals surface area contributed by atoms with Crippen LogP contribution in [0.3, 0.4) is 0 Å². The highest BCUT2D eigenvalue weighted by Gasteiger charge is 2.03. The molecule has 0 atom stereocenters. The summed E-state index contributed by atoms with van der Waals surface area (Å²) in [4.78, 5) is 14.2. The number of nitrogens with zero attached hydrogens (tertiary/aromatic N) is 2. The Morgan fingerprint density at radius 1 is 1.07 bits per heavy atom. The zero-order chi connectivity index (χ0) is 10.7. The summed E-state index contributed by atoms with van der Waals surface area (Å²) in [5.74, 6) is -0.112. The summed E-state index contributed by atoms with van der Waals surface area (Å²) in [5.41, 5.74) is 1.80. The van der Waals surface area contributed by atoms with E-state index in [1.54, 1.807) is 18.5 Å². The van der Waals surface area contributed by atoms with Gasteiger partial charge in [0.15, 0.2) is 0 Å². The van der Waals surface area contributed by atoms with E-state index < -0.39 is 0 Å². The van der Waals surface area contributed by atoms with E-state index >= 15 is 0 Å². The SMILES string of the molecule is O=Nc1ccc(-c2ccncc2)cc1O. The van der Waals surface area contributed by atoms with Crippen molar-refractivity contribution in [2.75, 3.05) is 0 Å². The lowest BCUT2D eigenvalue weighted by molar-refractivity contribution is 0.477. The predicted molar refractivity (Wildman–Crippen MR) is 56.8 cm³/mol. The average Bonchev–Trinajstić information content (AvgIpc) is 2.30. The molecule has 15 heavy (non-hydrogen) atoms. The quantitative estimate of drug-likeness (QED) is 0.758. The molecule has 0 aliphatic carbocycles. The van der Waals surface area contributed by atoms with E-state index in [1.165, 1.54) is 12.1 Å². The Hall–Kier alpha value is -2.23. The Labute approximate surface area is 86.2 Å². The Bertz CT molecular complexity index is 483. The maximum Gasteiger partial charge on any atom is 0.149 e. The summed E-state index contributed by atoms with van der Waals surface area (Å²) in [7, 11) is 0. The van der Waals surface area contributed by atoms with Crippen LogP contribution in [-0.2, 0) is 0 Å². The van der Waals surface area contributed by atoms with Gasteiger partial charge in [0.1, 0.15) is 11.4 Å². The van der Waals surface area contributed by atoms with Crippen molar-refractivity contribution in [3.8, 4) is 16.9 Å². The molecule has 0 aliphatic heterocycles. The van der Waals surface area contributed by atoms with Crippen molar-refractivity contribution in [3.63, 3.8) is 0 Å². The molecular weight excluding hydrogens is 192 g/mol. The minimum absolute atomic E-state index is 0.0489. The molecule has 0 spiro atoms. The van der Waals surface area contributed by atoms with Gasteiger partial charge in [-0.15, -0.1) is 4.91 Å². The van der Waals surface area contributed by atoms with Crippen molar-refractivity contribution < 1.29 is 5.11 Å². The summed E-state index contributed by atoms with van der Waals surface area (Å²) in [6, 6.07) is 8.36. The minimum atomic E-state index is -0.112. The highest BCUT2D eigenvalue weighted by molar-refractivity contribution is 5.68. The summed E-state index contributed by atoms with van der Waals surface area (Å²) < 4.78 is 0. The van der Waals surface area contributed by atoms with Crippen LogP contribution in [0.2, 0.25) is 0 Å². The number of hydrogen-bond acceptors (Lipinski definition) is 4. The van der Waals surface area contributed by atoms with Gasteiger partial charge in [0.2, 0.25) is 0 Å². The smallest absolute Gasteiger partial charge is 0.149 e. The fourth-order valence-electron chi connectivity index (χ4n) is 1.32. The molecule has 2 rings (SSSR count). The van der Waals surface area contributed by atoms with Gasteiger partial charge in [-0.25, -0.2) is 0 Å². The van der Waals surface area contributed by atoms with Gasteiger partial charge in [-0.1, -0.05) is 6.07 Å². The molecule has 0 unspecified atom stereocenters. The zero-order valence-electron chi connectivity index (χ0n) is 7.79. The van der Waals surface area contributed by atoms with Gasteiger partial charge < -0.3 is 5.11 Å². The third kappa shape index (κ3) is 1.83. The highest BCUT2D eigenvalue weighted by Crippen LogP contribution is 2.31. The molecule has 1 aromatic carbocycles. The monoisotopic (exact) mass is 200 g/mol. The number of rotatable bonds is 2. The number of phenols is 1. The van der Waals surface area contributed by atoms with Crippen LogP contribution in [0.15, 0.2) is 47.9 Å². The van der Waals surface area contributed by atoms with Gasteiger partial charge in [-0.3, -0.25) is 4.98 Å². The first-order valence-corrected chi connectivity index (χ1v) is 4.38. The maximum atomic E-state index is 10.3. The highest BCUT2D eigenvalue weighted by atomic mass is 16.3. The van der Waals surface area contributed by atoms with Crippen LogP contribution in [0.25, 0.3) is 11.1 Å². The second-order valence-electron chi connectivity index (χ2n) is 3.03. The van der Waals surface area contributed by atoms with E-state index in [9.17, 15) is 10.0 Å². The molecule has 1 aromatic heterocycles. The Kier molecular flexibility index (Phi) is 2.41. The summed E-state index contributed by atoms with van der Waals surface area (Å²) >= 11 is 0. The molecule has 1 heterocycles. The molecule has 0 radical (unpaired) electrons. The standard InChI is InChI=1S/C11H8N2O2/c14-11-7-9(1-2-10(11)13-15)8-3-5-12-6-4-8/h1-7,14H. The molecule has 1 N–H and O–H groups in total. The van der Waals surface area contributed by atoms with Gasteiger partial charge in [0, 0.05) is 12.4 Å². The second kappa shape index (κ2) is 3.88. The maximum absolute atomic E-state index is 10.3. The first-order valence-electron chi connectivity index (χ1n) is 4.38. The van der Waals surface area contributed by atoms with Gasteiger partial charge in [-0.2, -0.15) is 0 Å². The molecule has 0 bridgehead atoms. The molecule has 0 amide bonds. The number of phenolic OH excluding ortho intramolecular Hbond substituents is 1. The van der Waals surface area contributed by atoms with Gasteiger partial charge >= 0.3 is 0 Å². The molecule has 0 fully saturated rings. The topological polar surface area (TPSA) is 62.5 Å². The molecule has 4 nitrogen and oxygen atoms in total. The number of pyridine rings is 1. The third-order valence-corrected chi connectivity index (χ3v) is 2.09. The van der Waals surface area contributed by atoms with E-state index in [2.05, 4.69) is 10.2 Å². The lowest BCUT2D eigenvalue weighted by Crippen LogP contribution is -1.78. The minimum Gasteiger partial charge on any atom is -0.506 e. The molecule has 2 aromatic rings. The third-order valence-electron chi connectivity index (χ3n) is 2.09. The zero-order valence-corrected chi connectivity index (χ0v) is 7.79. The van der Waals surface area contributed by atoms with Crippen molar-refractivity contribution in [2.24, 2.45) is 5.18 Å². The summed E-state index contributed by atoms with van der Waals surface area (Å²) in [6.45, 7) is 0. The average molecular weight is 200 g/mol. The lowest BCUT2D eigenvalue weighted by atomic mass is 10.1. The number of nitroso groups, excluding NO2 is 1. The Balaban J connectivity index is 2.47. The summed E-state index contributed by atoms with van der Waals surface area (Å²) in [6.07, 6.45) is 3.33. The van der Waals surface area contributed by atoms with Crippen molar-refractivity contribution in [3.05, 3.63) is 47.6 Å². The van der Waals surface area contributed by atoms with Crippen LogP contribution < -0.4 is 0 Å².